The predicted octanol–water partition coefficient (Wildman–Crippen LogP) is 5.40. The zero-order valence-electron chi connectivity index (χ0n) is 13.5. The Morgan fingerprint density at radius 3 is 2.28 bits per heavy atom. The van der Waals surface area contributed by atoms with Gasteiger partial charge in [0.15, 0.2) is 0 Å². The van der Waals surface area contributed by atoms with E-state index in [2.05, 4.69) is 0 Å². The van der Waals surface area contributed by atoms with E-state index >= 15 is 0 Å². The van der Waals surface area contributed by atoms with Crippen molar-refractivity contribution in [1.29, 1.82) is 0 Å². The molecule has 1 aliphatic rings. The fraction of sp³-hybridized carbons (Fsp3) is 0.0952. The van der Waals surface area contributed by atoms with Crippen LogP contribution in [0.2, 0.25) is 5.02 Å². The molecule has 3 aromatic rings. The first-order valence-corrected chi connectivity index (χ1v) is 8.56. The normalized spacial score (nSPS) is 16.8. The smallest absolute Gasteiger partial charge is 0.124 e. The number of hydrazone groups is 1. The fourth-order valence-corrected chi connectivity index (χ4v) is 3.28. The van der Waals surface area contributed by atoms with Crippen LogP contribution in [0.5, 0.6) is 5.75 Å². The number of para-hydroxylation sites is 2. The van der Waals surface area contributed by atoms with Crippen LogP contribution >= 0.6 is 11.6 Å². The largest absolute Gasteiger partial charge is 0.507 e. The van der Waals surface area contributed by atoms with Crippen LogP contribution in [0.15, 0.2) is 84.0 Å². The molecule has 0 unspecified atom stereocenters. The van der Waals surface area contributed by atoms with Gasteiger partial charge in [-0.05, 0) is 42.0 Å². The van der Waals surface area contributed by atoms with E-state index in [-0.39, 0.29) is 11.8 Å². The van der Waals surface area contributed by atoms with Crippen LogP contribution in [-0.4, -0.2) is 10.8 Å². The monoisotopic (exact) mass is 348 g/mol. The first-order chi connectivity index (χ1) is 12.2. The summed E-state index contributed by atoms with van der Waals surface area (Å²) in [6.45, 7) is 0. The summed E-state index contributed by atoms with van der Waals surface area (Å²) in [7, 11) is 0. The minimum atomic E-state index is 0.0641. The second-order valence-corrected chi connectivity index (χ2v) is 6.45. The summed E-state index contributed by atoms with van der Waals surface area (Å²) >= 11 is 6.04. The van der Waals surface area contributed by atoms with Crippen molar-refractivity contribution >= 4 is 23.0 Å². The highest BCUT2D eigenvalue weighted by atomic mass is 35.5. The molecule has 0 fully saturated rings. The fourth-order valence-electron chi connectivity index (χ4n) is 3.15. The molecule has 0 radical (unpaired) electrons. The summed E-state index contributed by atoms with van der Waals surface area (Å²) in [5.74, 6) is 0.256. The molecule has 3 nitrogen and oxygen atoms in total. The number of aromatic hydroxyl groups is 1. The van der Waals surface area contributed by atoms with Gasteiger partial charge < -0.3 is 5.11 Å². The zero-order chi connectivity index (χ0) is 17.2. The Morgan fingerprint density at radius 1 is 0.880 bits per heavy atom. The van der Waals surface area contributed by atoms with Gasteiger partial charge in [-0.3, -0.25) is 5.01 Å². The second-order valence-electron chi connectivity index (χ2n) is 6.02. The molecule has 0 bridgehead atoms. The maximum atomic E-state index is 10.2. The number of nitrogens with zero attached hydrogens (tertiary/aromatic N) is 2. The lowest BCUT2D eigenvalue weighted by Gasteiger charge is -2.24. The van der Waals surface area contributed by atoms with Crippen LogP contribution in [0.3, 0.4) is 0 Å². The number of hydrogen-bond donors (Lipinski definition) is 1. The Bertz CT molecular complexity index is 907. The molecule has 124 valence electrons. The lowest BCUT2D eigenvalue weighted by atomic mass is 9.98. The minimum Gasteiger partial charge on any atom is -0.507 e. The summed E-state index contributed by atoms with van der Waals surface area (Å²) in [6.07, 6.45) is 0.716. The van der Waals surface area contributed by atoms with E-state index in [4.69, 9.17) is 16.7 Å². The lowest BCUT2D eigenvalue weighted by Crippen LogP contribution is -2.18. The van der Waals surface area contributed by atoms with E-state index in [0.717, 1.165) is 27.5 Å². The number of phenolic OH excluding ortho intramolecular Hbond substituents is 1. The molecule has 0 saturated carbocycles. The van der Waals surface area contributed by atoms with Crippen molar-refractivity contribution in [2.45, 2.75) is 12.5 Å². The Labute approximate surface area is 151 Å². The van der Waals surface area contributed by atoms with Gasteiger partial charge in [0.25, 0.3) is 0 Å². The summed E-state index contributed by atoms with van der Waals surface area (Å²) in [5, 5.41) is 17.8. The van der Waals surface area contributed by atoms with Crippen molar-refractivity contribution in [3.05, 3.63) is 95.0 Å². The molecule has 0 saturated heterocycles. The molecule has 0 aliphatic carbocycles. The molecule has 3 aromatic carbocycles. The third-order valence-electron chi connectivity index (χ3n) is 4.40. The van der Waals surface area contributed by atoms with Crippen LogP contribution in [0.25, 0.3) is 0 Å². The Balaban J connectivity index is 1.77. The van der Waals surface area contributed by atoms with Crippen LogP contribution < -0.4 is 5.01 Å². The highest BCUT2D eigenvalue weighted by molar-refractivity contribution is 6.30. The van der Waals surface area contributed by atoms with Crippen molar-refractivity contribution in [3.63, 3.8) is 0 Å². The SMILES string of the molecule is Oc1ccccc1C1=NN(c2ccccc2)[C@H](c2ccc(Cl)cc2)C1. The number of rotatable bonds is 3. The van der Waals surface area contributed by atoms with Crippen LogP contribution in [0.4, 0.5) is 5.69 Å². The molecule has 0 aromatic heterocycles. The van der Waals surface area contributed by atoms with Gasteiger partial charge in [-0.25, -0.2) is 0 Å². The van der Waals surface area contributed by atoms with E-state index in [9.17, 15) is 5.11 Å². The molecular weight excluding hydrogens is 332 g/mol. The standard InChI is InChI=1S/C21H17ClN2O/c22-16-12-10-15(11-13-16)20-14-19(18-8-4-5-9-21(18)25)23-24(20)17-6-2-1-3-7-17/h1-13,20,25H,14H2/t20-/m0/s1. The van der Waals surface area contributed by atoms with Crippen molar-refractivity contribution in [2.24, 2.45) is 5.10 Å². The molecule has 1 heterocycles. The van der Waals surface area contributed by atoms with Crippen LogP contribution in [-0.2, 0) is 0 Å². The predicted molar refractivity (Wildman–Crippen MR) is 102 cm³/mol. The molecular formula is C21H17ClN2O. The first kappa shape index (κ1) is 15.7. The molecule has 25 heavy (non-hydrogen) atoms. The van der Waals surface area contributed by atoms with Crippen molar-refractivity contribution < 1.29 is 5.11 Å². The average Bonchev–Trinajstić information content (AvgIpc) is 3.08. The van der Waals surface area contributed by atoms with Crippen molar-refractivity contribution in [2.75, 3.05) is 5.01 Å². The molecule has 4 rings (SSSR count). The Hall–Kier alpha value is -2.78. The lowest BCUT2D eigenvalue weighted by molar-refractivity contribution is 0.474. The quantitative estimate of drug-likeness (QED) is 0.687. The van der Waals surface area contributed by atoms with Gasteiger partial charge in [0.1, 0.15) is 5.75 Å². The number of benzene rings is 3. The Kier molecular flexibility index (Phi) is 4.16. The van der Waals surface area contributed by atoms with Gasteiger partial charge in [0.05, 0.1) is 17.4 Å². The topological polar surface area (TPSA) is 35.8 Å². The van der Waals surface area contributed by atoms with Gasteiger partial charge in [0.2, 0.25) is 0 Å². The maximum Gasteiger partial charge on any atom is 0.124 e. The summed E-state index contributed by atoms with van der Waals surface area (Å²) in [4.78, 5) is 0. The highest BCUT2D eigenvalue weighted by Gasteiger charge is 2.30. The maximum absolute atomic E-state index is 10.2. The molecule has 0 amide bonds. The van der Waals surface area contributed by atoms with Crippen LogP contribution in [0, 0.1) is 0 Å². The van der Waals surface area contributed by atoms with Crippen molar-refractivity contribution in [3.8, 4) is 5.75 Å². The molecule has 1 atom stereocenters. The zero-order valence-corrected chi connectivity index (χ0v) is 14.3. The van der Waals surface area contributed by atoms with Gasteiger partial charge >= 0.3 is 0 Å². The number of hydrogen-bond acceptors (Lipinski definition) is 3. The first-order valence-electron chi connectivity index (χ1n) is 8.18. The van der Waals surface area contributed by atoms with Gasteiger partial charge in [-0.1, -0.05) is 54.1 Å². The van der Waals surface area contributed by atoms with E-state index in [0.29, 0.717) is 6.42 Å². The number of halogens is 1. The van der Waals surface area contributed by atoms with Crippen LogP contribution in [0.1, 0.15) is 23.6 Å². The van der Waals surface area contributed by atoms with Gasteiger partial charge in [-0.2, -0.15) is 5.10 Å². The van der Waals surface area contributed by atoms with Gasteiger partial charge in [-0.15, -0.1) is 0 Å². The molecule has 1 aliphatic heterocycles. The van der Waals surface area contributed by atoms with E-state index in [1.807, 2.05) is 77.8 Å². The molecule has 4 heteroatoms. The summed E-state index contributed by atoms with van der Waals surface area (Å²) in [6, 6.07) is 25.3. The second kappa shape index (κ2) is 6.61. The molecule has 0 spiro atoms. The Morgan fingerprint density at radius 2 is 1.56 bits per heavy atom. The minimum absolute atomic E-state index is 0.0641. The third kappa shape index (κ3) is 3.11. The summed E-state index contributed by atoms with van der Waals surface area (Å²) < 4.78 is 0. The number of phenols is 1. The van der Waals surface area contributed by atoms with E-state index in [1.165, 1.54) is 0 Å². The average molecular weight is 349 g/mol. The van der Waals surface area contributed by atoms with E-state index < -0.39 is 0 Å². The number of anilines is 1. The third-order valence-corrected chi connectivity index (χ3v) is 4.65. The highest BCUT2D eigenvalue weighted by Crippen LogP contribution is 2.38. The van der Waals surface area contributed by atoms with Gasteiger partial charge in [0, 0.05) is 17.0 Å². The van der Waals surface area contributed by atoms with Crippen molar-refractivity contribution in [1.82, 2.24) is 0 Å². The molecule has 1 N–H and O–H groups in total. The summed E-state index contributed by atoms with van der Waals surface area (Å²) in [5.41, 5.74) is 3.82. The van der Waals surface area contributed by atoms with E-state index in [1.54, 1.807) is 6.07 Å².